The van der Waals surface area contributed by atoms with Gasteiger partial charge in [0.25, 0.3) is 0 Å². The Hall–Kier alpha value is -1.91. The Balaban J connectivity index is 1.66. The van der Waals surface area contributed by atoms with Gasteiger partial charge in [0.1, 0.15) is 10.7 Å². The molecule has 1 amide bonds. The van der Waals surface area contributed by atoms with Gasteiger partial charge in [-0.2, -0.15) is 4.31 Å². The molecule has 2 N–H and O–H groups in total. The number of piperidine rings is 1. The first kappa shape index (κ1) is 23.7. The second-order valence-corrected chi connectivity index (χ2v) is 9.74. The number of nitrogens with zero attached hydrogens (tertiary/aromatic N) is 1. The molecule has 1 heterocycles. The fourth-order valence-electron chi connectivity index (χ4n) is 3.22. The molecule has 0 unspecified atom stereocenters. The molecule has 2 aromatic carbocycles. The van der Waals surface area contributed by atoms with Crippen LogP contribution in [0, 0.1) is 5.82 Å². The zero-order chi connectivity index (χ0) is 22.6. The van der Waals surface area contributed by atoms with Gasteiger partial charge < -0.3 is 15.4 Å². The van der Waals surface area contributed by atoms with E-state index in [1.54, 1.807) is 13.2 Å². The third kappa shape index (κ3) is 5.87. The van der Waals surface area contributed by atoms with Gasteiger partial charge in [-0.1, -0.05) is 23.2 Å². The number of benzene rings is 2. The van der Waals surface area contributed by atoms with E-state index in [4.69, 9.17) is 27.9 Å². The molecule has 1 fully saturated rings. The largest absolute Gasteiger partial charge is 0.381 e. The maximum Gasteiger partial charge on any atom is 0.244 e. The third-order valence-corrected chi connectivity index (χ3v) is 7.61. The number of sulfonamides is 1. The van der Waals surface area contributed by atoms with Crippen LogP contribution in [0.1, 0.15) is 12.8 Å². The molecule has 7 nitrogen and oxygen atoms in total. The number of hydrogen-bond donors (Lipinski definition) is 2. The summed E-state index contributed by atoms with van der Waals surface area (Å²) in [4.78, 5) is 12.1. The normalized spacial score (nSPS) is 15.6. The molecule has 0 radical (unpaired) electrons. The zero-order valence-electron chi connectivity index (χ0n) is 16.7. The molecular weight excluding hydrogens is 468 g/mol. The van der Waals surface area contributed by atoms with E-state index >= 15 is 0 Å². The van der Waals surface area contributed by atoms with Crippen LogP contribution in [-0.4, -0.2) is 51.5 Å². The molecule has 0 aliphatic carbocycles. The van der Waals surface area contributed by atoms with E-state index in [1.165, 1.54) is 28.6 Å². The van der Waals surface area contributed by atoms with E-state index in [2.05, 4.69) is 10.6 Å². The van der Waals surface area contributed by atoms with Crippen LogP contribution in [0.5, 0.6) is 0 Å². The highest BCUT2D eigenvalue weighted by molar-refractivity contribution is 7.89. The highest BCUT2D eigenvalue weighted by Crippen LogP contribution is 2.29. The van der Waals surface area contributed by atoms with E-state index in [9.17, 15) is 17.6 Å². The number of halogens is 3. The lowest BCUT2D eigenvalue weighted by atomic mass is 10.1. The zero-order valence-corrected chi connectivity index (χ0v) is 19.0. The first-order chi connectivity index (χ1) is 14.7. The Bertz CT molecular complexity index is 1060. The number of amides is 1. The fraction of sp³-hybridized carbons (Fsp3) is 0.350. The fourth-order valence-corrected chi connectivity index (χ4v) is 5.37. The van der Waals surface area contributed by atoms with Gasteiger partial charge in [0, 0.05) is 31.6 Å². The summed E-state index contributed by atoms with van der Waals surface area (Å²) in [7, 11) is -2.17. The van der Waals surface area contributed by atoms with Gasteiger partial charge in [-0.05, 0) is 49.2 Å². The summed E-state index contributed by atoms with van der Waals surface area (Å²) < 4.78 is 46.0. The van der Waals surface area contributed by atoms with Gasteiger partial charge >= 0.3 is 0 Å². The van der Waals surface area contributed by atoms with Crippen molar-refractivity contribution in [2.75, 3.05) is 37.4 Å². The van der Waals surface area contributed by atoms with Crippen molar-refractivity contribution >= 4 is 50.5 Å². The minimum Gasteiger partial charge on any atom is -0.381 e. The van der Waals surface area contributed by atoms with Gasteiger partial charge in [0.15, 0.2) is 0 Å². The second kappa shape index (κ2) is 10.1. The van der Waals surface area contributed by atoms with E-state index in [0.29, 0.717) is 37.3 Å². The average Bonchev–Trinajstić information content (AvgIpc) is 2.75. The smallest absolute Gasteiger partial charge is 0.244 e. The SMILES string of the molecule is COC1CCN(S(=O)(=O)c2cc(NCC(=O)Nc3ccc(F)c(Cl)c3)ccc2Cl)CC1. The van der Waals surface area contributed by atoms with Gasteiger partial charge in [-0.3, -0.25) is 4.79 Å². The lowest BCUT2D eigenvalue weighted by Crippen LogP contribution is -2.40. The summed E-state index contributed by atoms with van der Waals surface area (Å²) in [6, 6.07) is 8.30. The van der Waals surface area contributed by atoms with Gasteiger partial charge in [0.2, 0.25) is 15.9 Å². The summed E-state index contributed by atoms with van der Waals surface area (Å²) in [5.41, 5.74) is 0.763. The summed E-state index contributed by atoms with van der Waals surface area (Å²) in [6.07, 6.45) is 1.27. The van der Waals surface area contributed by atoms with Crippen molar-refractivity contribution in [1.82, 2.24) is 4.31 Å². The van der Waals surface area contributed by atoms with Crippen LogP contribution in [0.15, 0.2) is 41.3 Å². The molecule has 1 saturated heterocycles. The standard InChI is InChI=1S/C20H22Cl2FN3O4S/c1-30-15-6-8-26(9-7-15)31(28,29)19-11-13(2-4-16(19)21)24-12-20(27)25-14-3-5-18(23)17(22)10-14/h2-5,10-11,15,24H,6-9,12H2,1H3,(H,25,27). The van der Waals surface area contributed by atoms with Gasteiger partial charge in [0.05, 0.1) is 22.7 Å². The topological polar surface area (TPSA) is 87.7 Å². The van der Waals surface area contributed by atoms with Gasteiger partial charge in [-0.15, -0.1) is 0 Å². The molecule has 3 rings (SSSR count). The molecule has 0 saturated carbocycles. The Kier molecular flexibility index (Phi) is 7.77. The Morgan fingerprint density at radius 2 is 1.81 bits per heavy atom. The molecule has 11 heteroatoms. The number of carbonyl (C=O) groups is 1. The summed E-state index contributed by atoms with van der Waals surface area (Å²) in [6.45, 7) is 0.546. The van der Waals surface area contributed by atoms with Crippen molar-refractivity contribution in [3.63, 3.8) is 0 Å². The highest BCUT2D eigenvalue weighted by Gasteiger charge is 2.31. The van der Waals surface area contributed by atoms with E-state index < -0.39 is 21.7 Å². The molecule has 0 bridgehead atoms. The van der Waals surface area contributed by atoms with Crippen molar-refractivity contribution < 1.29 is 22.3 Å². The highest BCUT2D eigenvalue weighted by atomic mass is 35.5. The van der Waals surface area contributed by atoms with Gasteiger partial charge in [-0.25, -0.2) is 12.8 Å². The lowest BCUT2D eigenvalue weighted by Gasteiger charge is -2.30. The maximum absolute atomic E-state index is 13.2. The molecule has 0 spiro atoms. The minimum atomic E-state index is -3.79. The number of nitrogens with one attached hydrogen (secondary N) is 2. The summed E-state index contributed by atoms with van der Waals surface area (Å²) in [5, 5.41) is 5.45. The average molecular weight is 490 g/mol. The lowest BCUT2D eigenvalue weighted by molar-refractivity contribution is -0.114. The van der Waals surface area contributed by atoms with Crippen molar-refractivity contribution in [3.05, 3.63) is 52.3 Å². The number of rotatable bonds is 7. The van der Waals surface area contributed by atoms with E-state index in [-0.39, 0.29) is 27.6 Å². The number of hydrogen-bond acceptors (Lipinski definition) is 5. The summed E-state index contributed by atoms with van der Waals surface area (Å²) >= 11 is 11.9. The van der Waals surface area contributed by atoms with Crippen molar-refractivity contribution in [2.45, 2.75) is 23.8 Å². The van der Waals surface area contributed by atoms with Crippen molar-refractivity contribution in [1.29, 1.82) is 0 Å². The number of anilines is 2. The van der Waals surface area contributed by atoms with Crippen LogP contribution in [0.25, 0.3) is 0 Å². The maximum atomic E-state index is 13.2. The van der Waals surface area contributed by atoms with Crippen molar-refractivity contribution in [3.8, 4) is 0 Å². The summed E-state index contributed by atoms with van der Waals surface area (Å²) in [5.74, 6) is -0.997. The van der Waals surface area contributed by atoms with Crippen LogP contribution in [0.4, 0.5) is 15.8 Å². The molecule has 0 aromatic heterocycles. The molecule has 168 valence electrons. The van der Waals surface area contributed by atoms with Crippen LogP contribution >= 0.6 is 23.2 Å². The van der Waals surface area contributed by atoms with E-state index in [0.717, 1.165) is 6.07 Å². The molecule has 1 aliphatic heterocycles. The van der Waals surface area contributed by atoms with Crippen molar-refractivity contribution in [2.24, 2.45) is 0 Å². The predicted octanol–water partition coefficient (Wildman–Crippen LogP) is 3.98. The van der Waals surface area contributed by atoms with Crippen LogP contribution in [-0.2, 0) is 19.6 Å². The second-order valence-electron chi connectivity index (χ2n) is 7.01. The predicted molar refractivity (Wildman–Crippen MR) is 119 cm³/mol. The Morgan fingerprint density at radius 3 is 2.45 bits per heavy atom. The minimum absolute atomic E-state index is 0.0271. The molecule has 31 heavy (non-hydrogen) atoms. The molecular formula is C20H22Cl2FN3O4S. The number of methoxy groups -OCH3 is 1. The molecule has 1 aliphatic rings. The Morgan fingerprint density at radius 1 is 1.13 bits per heavy atom. The quantitative estimate of drug-likeness (QED) is 0.613. The number of carbonyl (C=O) groups excluding carboxylic acids is 1. The molecule has 0 atom stereocenters. The van der Waals surface area contributed by atoms with Crippen LogP contribution in [0.2, 0.25) is 10.0 Å². The first-order valence-electron chi connectivity index (χ1n) is 9.52. The van der Waals surface area contributed by atoms with Crippen LogP contribution in [0.3, 0.4) is 0 Å². The number of ether oxygens (including phenoxy) is 1. The first-order valence-corrected chi connectivity index (χ1v) is 11.7. The monoisotopic (exact) mass is 489 g/mol. The third-order valence-electron chi connectivity index (χ3n) is 4.94. The molecule has 2 aromatic rings. The van der Waals surface area contributed by atoms with Crippen LogP contribution < -0.4 is 10.6 Å². The van der Waals surface area contributed by atoms with E-state index in [1.807, 2.05) is 0 Å². The Labute approximate surface area is 190 Å².